The lowest BCUT2D eigenvalue weighted by atomic mass is 9.95. The van der Waals surface area contributed by atoms with Crippen LogP contribution in [0, 0.1) is 0 Å². The Bertz CT molecular complexity index is 369. The lowest BCUT2D eigenvalue weighted by Gasteiger charge is -2.22. The maximum atomic E-state index is 9.63. The summed E-state index contributed by atoms with van der Waals surface area (Å²) < 4.78 is 0. The van der Waals surface area contributed by atoms with Gasteiger partial charge in [-0.3, -0.25) is 4.98 Å². The highest BCUT2D eigenvalue weighted by atomic mass is 79.9. The Morgan fingerprint density at radius 3 is 1.86 bits per heavy atom. The van der Waals surface area contributed by atoms with Gasteiger partial charge in [0.1, 0.15) is 0 Å². The summed E-state index contributed by atoms with van der Waals surface area (Å²) >= 11 is 7.24. The maximum Gasteiger partial charge on any atom is 0.195 e. The molecule has 3 N–H and O–H groups in total. The number of aromatic hydroxyl groups is 2. The van der Waals surface area contributed by atoms with E-state index in [2.05, 4.69) is 36.8 Å². The number of alkyl halides is 2. The molecule has 3 nitrogen and oxygen atoms in total. The summed E-state index contributed by atoms with van der Waals surface area (Å²) in [7, 11) is 0. The van der Waals surface area contributed by atoms with Crippen LogP contribution in [0.4, 0.5) is 0 Å². The largest absolute Gasteiger partial charge is 0.494 e. The topological polar surface area (TPSA) is 56.2 Å². The molecule has 76 valence electrons. The molecule has 0 saturated heterocycles. The smallest absolute Gasteiger partial charge is 0.195 e. The Morgan fingerprint density at radius 2 is 1.43 bits per heavy atom. The number of nitrogens with one attached hydrogen (secondary N) is 1. The summed E-state index contributed by atoms with van der Waals surface area (Å²) in [4.78, 5) is 3.29. The van der Waals surface area contributed by atoms with Gasteiger partial charge in [-0.1, -0.05) is 31.9 Å². The van der Waals surface area contributed by atoms with Gasteiger partial charge in [0.05, 0.1) is 0 Å². The van der Waals surface area contributed by atoms with Crippen LogP contribution in [0.3, 0.4) is 0 Å². The van der Waals surface area contributed by atoms with Crippen LogP contribution in [0.2, 0.25) is 0 Å². The first-order valence-corrected chi connectivity index (χ1v) is 6.36. The Labute approximate surface area is 97.8 Å². The number of aromatic amines is 1. The van der Waals surface area contributed by atoms with Crippen molar-refractivity contribution in [2.24, 2.45) is 0 Å². The second kappa shape index (κ2) is 2.70. The molecule has 1 aromatic rings. The highest BCUT2D eigenvalue weighted by Gasteiger charge is 2.52. The van der Waals surface area contributed by atoms with E-state index in [1.54, 1.807) is 0 Å². The zero-order valence-corrected chi connectivity index (χ0v) is 10.3. The number of hydrogen-bond donors (Lipinski definition) is 3. The molecule has 2 aliphatic rings. The van der Waals surface area contributed by atoms with Crippen molar-refractivity contribution in [2.75, 3.05) is 0 Å². The van der Waals surface area contributed by atoms with Crippen molar-refractivity contribution < 1.29 is 10.2 Å². The minimum atomic E-state index is 0.133. The minimum Gasteiger partial charge on any atom is -0.494 e. The lowest BCUT2D eigenvalue weighted by molar-refractivity contribution is 0.417. The minimum absolute atomic E-state index is 0.133. The number of aromatic nitrogens is 1. The Kier molecular flexibility index (Phi) is 1.75. The van der Waals surface area contributed by atoms with Gasteiger partial charge in [-0.15, -0.1) is 0 Å². The number of H-pyrrole nitrogens is 1. The van der Waals surface area contributed by atoms with E-state index in [4.69, 9.17) is 0 Å². The molecular formula is C9H9Br2NO2. The molecule has 0 aromatic carbocycles. The zero-order chi connectivity index (χ0) is 10.0. The fourth-order valence-electron chi connectivity index (χ4n) is 2.78. The van der Waals surface area contributed by atoms with E-state index in [1.807, 2.05) is 0 Å². The molecule has 5 heteroatoms. The van der Waals surface area contributed by atoms with Crippen molar-refractivity contribution in [1.29, 1.82) is 0 Å². The van der Waals surface area contributed by atoms with E-state index >= 15 is 0 Å². The SMILES string of the molecule is Oc1[nH]c(O)c2c1C1CC2C(Br)C1Br. The summed E-state index contributed by atoms with van der Waals surface area (Å²) in [6, 6.07) is 0. The molecule has 2 bridgehead atoms. The quantitative estimate of drug-likeness (QED) is 0.643. The molecule has 0 amide bonds. The van der Waals surface area contributed by atoms with Crippen LogP contribution in [0.25, 0.3) is 0 Å². The number of rotatable bonds is 0. The molecule has 1 saturated carbocycles. The van der Waals surface area contributed by atoms with Crippen LogP contribution >= 0.6 is 31.9 Å². The van der Waals surface area contributed by atoms with Crippen LogP contribution in [-0.2, 0) is 0 Å². The fraction of sp³-hybridized carbons (Fsp3) is 0.556. The van der Waals surface area contributed by atoms with Crippen molar-refractivity contribution in [3.63, 3.8) is 0 Å². The molecule has 0 aliphatic heterocycles. The third kappa shape index (κ3) is 0.877. The maximum absolute atomic E-state index is 9.63. The average molecular weight is 323 g/mol. The van der Waals surface area contributed by atoms with Gasteiger partial charge in [-0.25, -0.2) is 0 Å². The fourth-order valence-corrected chi connectivity index (χ4v) is 4.48. The third-order valence-corrected chi connectivity index (χ3v) is 6.48. The Balaban J connectivity index is 2.21. The Hall–Kier alpha value is -0.160. The second-order valence-corrected chi connectivity index (χ2v) is 6.10. The van der Waals surface area contributed by atoms with E-state index in [-0.39, 0.29) is 11.8 Å². The van der Waals surface area contributed by atoms with Crippen LogP contribution in [0.5, 0.6) is 11.8 Å². The van der Waals surface area contributed by atoms with Gasteiger partial charge >= 0.3 is 0 Å². The molecule has 1 heterocycles. The molecular weight excluding hydrogens is 314 g/mol. The number of halogens is 2. The van der Waals surface area contributed by atoms with Crippen molar-refractivity contribution in [1.82, 2.24) is 4.98 Å². The van der Waals surface area contributed by atoms with E-state index in [0.717, 1.165) is 17.5 Å². The number of fused-ring (bicyclic) bond motifs is 5. The van der Waals surface area contributed by atoms with Crippen molar-refractivity contribution in [3.05, 3.63) is 11.1 Å². The van der Waals surface area contributed by atoms with Gasteiger partial charge in [0, 0.05) is 32.6 Å². The monoisotopic (exact) mass is 321 g/mol. The molecule has 2 aliphatic carbocycles. The second-order valence-electron chi connectivity index (χ2n) is 3.99. The molecule has 1 aromatic heterocycles. The van der Waals surface area contributed by atoms with Crippen LogP contribution < -0.4 is 0 Å². The molecule has 4 atom stereocenters. The normalized spacial score (nSPS) is 39.0. The summed E-state index contributed by atoms with van der Waals surface area (Å²) in [5.74, 6) is 0.899. The van der Waals surface area contributed by atoms with E-state index in [1.165, 1.54) is 0 Å². The van der Waals surface area contributed by atoms with E-state index in [9.17, 15) is 10.2 Å². The van der Waals surface area contributed by atoms with Crippen molar-refractivity contribution in [3.8, 4) is 11.8 Å². The van der Waals surface area contributed by atoms with Crippen LogP contribution in [-0.4, -0.2) is 24.9 Å². The van der Waals surface area contributed by atoms with Gasteiger partial charge in [0.25, 0.3) is 0 Å². The highest BCUT2D eigenvalue weighted by Crippen LogP contribution is 2.62. The molecule has 0 spiro atoms. The summed E-state index contributed by atoms with van der Waals surface area (Å²) in [6.45, 7) is 0. The van der Waals surface area contributed by atoms with Gasteiger partial charge in [0.15, 0.2) is 11.8 Å². The van der Waals surface area contributed by atoms with Crippen molar-refractivity contribution in [2.45, 2.75) is 27.9 Å². The third-order valence-electron chi connectivity index (χ3n) is 3.36. The van der Waals surface area contributed by atoms with Gasteiger partial charge in [-0.05, 0) is 6.42 Å². The first kappa shape index (κ1) is 9.09. The standard InChI is InChI=1S/C9H9Br2NO2/c10-6-2-1-3(7(6)11)5-4(2)8(13)12-9(5)14/h2-3,6-7,12-14H,1H2. The summed E-state index contributed by atoms with van der Waals surface area (Å²) in [6.07, 6.45) is 1.01. The van der Waals surface area contributed by atoms with Gasteiger partial charge < -0.3 is 10.2 Å². The highest BCUT2D eigenvalue weighted by molar-refractivity contribution is 9.12. The molecule has 4 unspecified atom stereocenters. The molecule has 0 radical (unpaired) electrons. The summed E-state index contributed by atoms with van der Waals surface area (Å²) in [5, 5.41) is 19.3. The van der Waals surface area contributed by atoms with Gasteiger partial charge in [0.2, 0.25) is 0 Å². The molecule has 3 rings (SSSR count). The number of hydrogen-bond acceptors (Lipinski definition) is 2. The summed E-state index contributed by atoms with van der Waals surface area (Å²) in [5.41, 5.74) is 1.81. The molecule has 14 heavy (non-hydrogen) atoms. The Morgan fingerprint density at radius 1 is 1.00 bits per heavy atom. The zero-order valence-electron chi connectivity index (χ0n) is 7.17. The average Bonchev–Trinajstić information content (AvgIpc) is 2.71. The lowest BCUT2D eigenvalue weighted by Crippen LogP contribution is -2.20. The van der Waals surface area contributed by atoms with E-state index in [0.29, 0.717) is 21.5 Å². The van der Waals surface area contributed by atoms with Crippen molar-refractivity contribution >= 4 is 31.9 Å². The first-order chi connectivity index (χ1) is 6.61. The van der Waals surface area contributed by atoms with Gasteiger partial charge in [-0.2, -0.15) is 0 Å². The molecule has 1 fully saturated rings. The van der Waals surface area contributed by atoms with Crippen LogP contribution in [0.15, 0.2) is 0 Å². The first-order valence-electron chi connectivity index (χ1n) is 4.53. The predicted molar refractivity (Wildman–Crippen MR) is 59.7 cm³/mol. The van der Waals surface area contributed by atoms with Crippen LogP contribution in [0.1, 0.15) is 29.4 Å². The predicted octanol–water partition coefficient (Wildman–Crippen LogP) is 2.54. The van der Waals surface area contributed by atoms with E-state index < -0.39 is 0 Å².